The molecular formula is C9H12ClNTe. The molecule has 0 N–H and O–H groups in total. The Bertz CT molecular complexity index is 240. The van der Waals surface area contributed by atoms with Gasteiger partial charge in [-0.3, -0.25) is 0 Å². The third-order valence-corrected chi connectivity index (χ3v) is 4.55. The molecule has 0 fully saturated rings. The molecular weight excluding hydrogens is 285 g/mol. The maximum atomic E-state index is 5.77. The van der Waals surface area contributed by atoms with Gasteiger partial charge < -0.3 is 0 Å². The average Bonchev–Trinajstić information content (AvgIpc) is 2.05. The summed E-state index contributed by atoms with van der Waals surface area (Å²) in [6.07, 6.45) is 2.61. The van der Waals surface area contributed by atoms with Crippen LogP contribution in [0.3, 0.4) is 0 Å². The summed E-state index contributed by atoms with van der Waals surface area (Å²) in [5, 5.41) is 0.633. The number of hydrogen-bond acceptors (Lipinski definition) is 1. The number of unbranched alkanes of at least 4 members (excludes halogenated alkanes) is 1. The van der Waals surface area contributed by atoms with Crippen molar-refractivity contribution in [2.45, 2.75) is 24.2 Å². The number of nitrogens with zero attached hydrogens (tertiary/aromatic N) is 1. The number of halogens is 1. The van der Waals surface area contributed by atoms with E-state index in [1.807, 2.05) is 12.1 Å². The van der Waals surface area contributed by atoms with Crippen LogP contribution in [0.25, 0.3) is 0 Å². The second-order valence-electron chi connectivity index (χ2n) is 2.50. The Kier molecular flexibility index (Phi) is 4.99. The Hall–Kier alpha value is 0.230. The first-order valence-corrected chi connectivity index (χ1v) is 7.27. The Morgan fingerprint density at radius 1 is 1.50 bits per heavy atom. The van der Waals surface area contributed by atoms with Gasteiger partial charge in [-0.2, -0.15) is 0 Å². The van der Waals surface area contributed by atoms with Crippen LogP contribution in [-0.2, 0) is 0 Å². The second kappa shape index (κ2) is 5.80. The van der Waals surface area contributed by atoms with Gasteiger partial charge in [0, 0.05) is 0 Å². The van der Waals surface area contributed by atoms with Gasteiger partial charge in [0.25, 0.3) is 0 Å². The molecule has 66 valence electrons. The van der Waals surface area contributed by atoms with Crippen LogP contribution in [0.4, 0.5) is 0 Å². The average molecular weight is 297 g/mol. The van der Waals surface area contributed by atoms with Gasteiger partial charge in [0.1, 0.15) is 0 Å². The predicted octanol–water partition coefficient (Wildman–Crippen LogP) is 2.28. The van der Waals surface area contributed by atoms with Crippen molar-refractivity contribution in [3.8, 4) is 0 Å². The van der Waals surface area contributed by atoms with Crippen molar-refractivity contribution in [1.29, 1.82) is 0 Å². The van der Waals surface area contributed by atoms with E-state index in [0.29, 0.717) is 5.15 Å². The van der Waals surface area contributed by atoms with Crippen LogP contribution in [0.2, 0.25) is 9.62 Å². The molecule has 0 saturated carbocycles. The summed E-state index contributed by atoms with van der Waals surface area (Å²) in [5.74, 6) is 0. The molecule has 0 atom stereocenters. The third kappa shape index (κ3) is 3.76. The number of pyridine rings is 1. The van der Waals surface area contributed by atoms with Gasteiger partial charge in [-0.25, -0.2) is 0 Å². The Morgan fingerprint density at radius 3 is 3.00 bits per heavy atom. The first-order chi connectivity index (χ1) is 5.83. The van der Waals surface area contributed by atoms with Crippen molar-refractivity contribution >= 4 is 36.3 Å². The van der Waals surface area contributed by atoms with Gasteiger partial charge in [0.15, 0.2) is 0 Å². The summed E-state index contributed by atoms with van der Waals surface area (Å²) in [5.41, 5.74) is 0. The van der Waals surface area contributed by atoms with Crippen molar-refractivity contribution < 1.29 is 0 Å². The zero-order valence-electron chi connectivity index (χ0n) is 7.09. The molecule has 3 heteroatoms. The quantitative estimate of drug-likeness (QED) is 0.472. The molecule has 0 saturated heterocycles. The molecule has 1 aromatic rings. The normalized spacial score (nSPS) is 10.2. The van der Waals surface area contributed by atoms with Crippen LogP contribution < -0.4 is 3.74 Å². The first-order valence-electron chi connectivity index (χ1n) is 4.08. The summed E-state index contributed by atoms with van der Waals surface area (Å²) in [6.45, 7) is 2.22. The van der Waals surface area contributed by atoms with Gasteiger partial charge in [-0.1, -0.05) is 0 Å². The van der Waals surface area contributed by atoms with Crippen LogP contribution in [0.5, 0.6) is 0 Å². The summed E-state index contributed by atoms with van der Waals surface area (Å²) in [6, 6.07) is 5.91. The molecule has 0 spiro atoms. The van der Waals surface area contributed by atoms with E-state index in [4.69, 9.17) is 11.6 Å². The molecule has 0 aliphatic rings. The van der Waals surface area contributed by atoms with E-state index in [-0.39, 0.29) is 20.9 Å². The van der Waals surface area contributed by atoms with E-state index in [9.17, 15) is 0 Å². The monoisotopic (exact) mass is 299 g/mol. The van der Waals surface area contributed by atoms with E-state index in [2.05, 4.69) is 18.0 Å². The van der Waals surface area contributed by atoms with Crippen molar-refractivity contribution in [3.63, 3.8) is 0 Å². The molecule has 1 nitrogen and oxygen atoms in total. The van der Waals surface area contributed by atoms with E-state index < -0.39 is 0 Å². The van der Waals surface area contributed by atoms with Crippen molar-refractivity contribution in [3.05, 3.63) is 23.4 Å². The molecule has 0 aromatic carbocycles. The predicted molar refractivity (Wildman–Crippen MR) is 54.4 cm³/mol. The Morgan fingerprint density at radius 2 is 2.33 bits per heavy atom. The first kappa shape index (κ1) is 10.3. The second-order valence-corrected chi connectivity index (χ2v) is 6.07. The maximum absolute atomic E-state index is 5.77. The van der Waals surface area contributed by atoms with Gasteiger partial charge in [-0.15, -0.1) is 0 Å². The Balaban J connectivity index is 2.41. The number of hydrogen-bond donors (Lipinski definition) is 0. The summed E-state index contributed by atoms with van der Waals surface area (Å²) >= 11 is 5.70. The molecule has 1 aromatic heterocycles. The van der Waals surface area contributed by atoms with Crippen molar-refractivity contribution in [1.82, 2.24) is 4.98 Å². The fourth-order valence-corrected chi connectivity index (χ4v) is 3.91. The summed E-state index contributed by atoms with van der Waals surface area (Å²) < 4.78 is 2.58. The standard InChI is InChI=1S/C9H12ClNTe/c1-2-3-7-12-9-6-4-5-8(10)11-9/h4-6H,2-3,7H2,1H3. The fourth-order valence-electron chi connectivity index (χ4n) is 0.791. The minimum atomic E-state index is -0.0632. The van der Waals surface area contributed by atoms with Crippen molar-refractivity contribution in [2.75, 3.05) is 0 Å². The van der Waals surface area contributed by atoms with E-state index in [1.165, 1.54) is 21.1 Å². The summed E-state index contributed by atoms with van der Waals surface area (Å²) in [7, 11) is 0. The van der Waals surface area contributed by atoms with Gasteiger partial charge in [-0.05, 0) is 0 Å². The van der Waals surface area contributed by atoms with Crippen LogP contribution in [-0.4, -0.2) is 25.9 Å². The zero-order valence-corrected chi connectivity index (χ0v) is 10.2. The van der Waals surface area contributed by atoms with Crippen molar-refractivity contribution in [2.24, 2.45) is 0 Å². The molecule has 1 rings (SSSR count). The minimum absolute atomic E-state index is 0.0632. The van der Waals surface area contributed by atoms with E-state index >= 15 is 0 Å². The molecule has 0 aliphatic heterocycles. The topological polar surface area (TPSA) is 12.9 Å². The van der Waals surface area contributed by atoms with Crippen LogP contribution in [0, 0.1) is 0 Å². The number of aromatic nitrogens is 1. The van der Waals surface area contributed by atoms with Gasteiger partial charge >= 0.3 is 88.8 Å². The Labute approximate surface area is 88.6 Å². The fraction of sp³-hybridized carbons (Fsp3) is 0.444. The van der Waals surface area contributed by atoms with Gasteiger partial charge in [0.05, 0.1) is 0 Å². The van der Waals surface area contributed by atoms with E-state index in [1.54, 1.807) is 0 Å². The molecule has 0 bridgehead atoms. The zero-order chi connectivity index (χ0) is 8.81. The molecule has 0 amide bonds. The van der Waals surface area contributed by atoms with E-state index in [0.717, 1.165) is 0 Å². The SMILES string of the molecule is CCCC[Te]c1cccc(Cl)n1. The summed E-state index contributed by atoms with van der Waals surface area (Å²) in [4.78, 5) is 4.27. The van der Waals surface area contributed by atoms with Crippen LogP contribution >= 0.6 is 11.6 Å². The van der Waals surface area contributed by atoms with Crippen LogP contribution in [0.15, 0.2) is 18.2 Å². The molecule has 1 heterocycles. The third-order valence-electron chi connectivity index (χ3n) is 1.44. The molecule has 0 radical (unpaired) electrons. The molecule has 12 heavy (non-hydrogen) atoms. The number of rotatable bonds is 4. The molecule has 0 aliphatic carbocycles. The van der Waals surface area contributed by atoms with Crippen LogP contribution in [0.1, 0.15) is 19.8 Å². The molecule has 0 unspecified atom stereocenters. The van der Waals surface area contributed by atoms with Gasteiger partial charge in [0.2, 0.25) is 0 Å².